The van der Waals surface area contributed by atoms with Crippen molar-refractivity contribution in [2.24, 2.45) is 0 Å². The van der Waals surface area contributed by atoms with Gasteiger partial charge in [-0.3, -0.25) is 4.98 Å². The van der Waals surface area contributed by atoms with E-state index in [-0.39, 0.29) is 23.5 Å². The quantitative estimate of drug-likeness (QED) is 0.727. The molecule has 0 atom stereocenters. The molecule has 0 amide bonds. The molecule has 0 bridgehead atoms. The maximum absolute atomic E-state index is 8.71. The average molecular weight is 329 g/mol. The highest BCUT2D eigenvalue weighted by atomic mass is 15.1. The molecule has 1 aliphatic heterocycles. The van der Waals surface area contributed by atoms with E-state index in [0.29, 0.717) is 17.3 Å². The molecule has 0 fully saturated rings. The summed E-state index contributed by atoms with van der Waals surface area (Å²) in [5, 5.41) is 0.553. The first-order valence-electron chi connectivity index (χ1n) is 12.4. The standard InChI is InChI=1S/C21H25N3/c1-15-4-7-20-18(12-15)19-14-23(3)10-9-21(19)24(20)11-8-17-6-5-16(2)22-13-17/h4-7,12-13H,8-11,14H2,1-3H3/i2D3,9D2,10D2,14D2. The van der Waals surface area contributed by atoms with E-state index in [1.807, 2.05) is 13.0 Å². The van der Waals surface area contributed by atoms with Crippen LogP contribution in [0.15, 0.2) is 36.5 Å². The van der Waals surface area contributed by atoms with Crippen molar-refractivity contribution in [3.05, 3.63) is 64.6 Å². The lowest BCUT2D eigenvalue weighted by Gasteiger charge is -2.24. The third-order valence-corrected chi connectivity index (χ3v) is 4.29. The first-order chi connectivity index (χ1) is 15.1. The predicted octanol–water partition coefficient (Wildman–Crippen LogP) is 3.88. The van der Waals surface area contributed by atoms with Crippen molar-refractivity contribution in [1.82, 2.24) is 14.5 Å². The van der Waals surface area contributed by atoms with E-state index in [1.165, 1.54) is 19.3 Å². The van der Waals surface area contributed by atoms with Gasteiger partial charge in [-0.05, 0) is 56.6 Å². The summed E-state index contributed by atoms with van der Waals surface area (Å²) >= 11 is 0. The van der Waals surface area contributed by atoms with Crippen LogP contribution in [0.2, 0.25) is 0 Å². The molecule has 3 heterocycles. The number of rotatable bonds is 3. The second-order valence-corrected chi connectivity index (χ2v) is 6.11. The molecular formula is C21H25N3. The minimum absolute atomic E-state index is 0.00807. The number of aromatic nitrogens is 2. The van der Waals surface area contributed by atoms with Crippen molar-refractivity contribution >= 4 is 10.9 Å². The Kier molecular flexibility index (Phi) is 2.10. The summed E-state index contributed by atoms with van der Waals surface area (Å²) in [5.41, 5.74) is 2.37. The molecule has 24 heavy (non-hydrogen) atoms. The fraction of sp³-hybridized carbons (Fsp3) is 0.381. The third kappa shape index (κ3) is 2.73. The number of hydrogen-bond donors (Lipinski definition) is 0. The Morgan fingerprint density at radius 1 is 1.29 bits per heavy atom. The number of pyridine rings is 1. The molecule has 4 rings (SSSR count). The highest BCUT2D eigenvalue weighted by Crippen LogP contribution is 2.31. The van der Waals surface area contributed by atoms with Crippen LogP contribution in [0.5, 0.6) is 0 Å². The van der Waals surface area contributed by atoms with E-state index in [1.54, 1.807) is 22.8 Å². The number of nitrogens with zero attached hydrogens (tertiary/aromatic N) is 3. The summed E-state index contributed by atoms with van der Waals surface area (Å²) in [7, 11) is 1.26. The molecule has 0 unspecified atom stereocenters. The molecule has 0 spiro atoms. The second kappa shape index (κ2) is 6.06. The minimum Gasteiger partial charge on any atom is -0.344 e. The summed E-state index contributed by atoms with van der Waals surface area (Å²) in [6.07, 6.45) is -0.625. The highest BCUT2D eigenvalue weighted by molar-refractivity contribution is 5.86. The molecule has 2 aromatic heterocycles. The summed E-state index contributed by atoms with van der Waals surface area (Å²) in [6, 6.07) is 8.58. The first kappa shape index (κ1) is 8.30. The monoisotopic (exact) mass is 328 g/mol. The van der Waals surface area contributed by atoms with Gasteiger partial charge in [0.25, 0.3) is 0 Å². The summed E-state index contributed by atoms with van der Waals surface area (Å²) < 4.78 is 75.7. The molecule has 0 radical (unpaired) electrons. The maximum atomic E-state index is 8.71. The van der Waals surface area contributed by atoms with Crippen molar-refractivity contribution in [2.45, 2.75) is 39.6 Å². The molecular weight excluding hydrogens is 294 g/mol. The van der Waals surface area contributed by atoms with Gasteiger partial charge < -0.3 is 9.47 Å². The van der Waals surface area contributed by atoms with E-state index >= 15 is 0 Å². The van der Waals surface area contributed by atoms with Crippen LogP contribution in [0.1, 0.15) is 40.4 Å². The van der Waals surface area contributed by atoms with Crippen LogP contribution >= 0.6 is 0 Å². The molecule has 124 valence electrons. The molecule has 0 N–H and O–H groups in total. The Morgan fingerprint density at radius 3 is 3.00 bits per heavy atom. The van der Waals surface area contributed by atoms with Crippen LogP contribution in [-0.2, 0) is 25.8 Å². The number of fused-ring (bicyclic) bond motifs is 3. The van der Waals surface area contributed by atoms with Gasteiger partial charge >= 0.3 is 0 Å². The van der Waals surface area contributed by atoms with E-state index in [9.17, 15) is 0 Å². The summed E-state index contributed by atoms with van der Waals surface area (Å²) in [4.78, 5) is 4.85. The number of hydrogen-bond acceptors (Lipinski definition) is 2. The molecule has 1 aromatic carbocycles. The molecule has 3 aromatic rings. The summed E-state index contributed by atoms with van der Waals surface area (Å²) in [5.74, 6) is 0. The lowest BCUT2D eigenvalue weighted by atomic mass is 10.0. The Bertz CT molecular complexity index is 1210. The van der Waals surface area contributed by atoms with Gasteiger partial charge in [0, 0.05) is 66.7 Å². The predicted molar refractivity (Wildman–Crippen MR) is 99.4 cm³/mol. The Hall–Kier alpha value is -2.13. The van der Waals surface area contributed by atoms with Crippen LogP contribution in [-0.4, -0.2) is 28.0 Å². The van der Waals surface area contributed by atoms with Crippen LogP contribution in [0.4, 0.5) is 0 Å². The van der Waals surface area contributed by atoms with Crippen molar-refractivity contribution < 1.29 is 12.3 Å². The van der Waals surface area contributed by atoms with Crippen LogP contribution in [0.25, 0.3) is 10.9 Å². The zero-order valence-electron chi connectivity index (χ0n) is 22.7. The average Bonchev–Trinajstić information content (AvgIpc) is 3.05. The largest absolute Gasteiger partial charge is 0.344 e. The molecule has 0 saturated carbocycles. The number of benzene rings is 1. The van der Waals surface area contributed by atoms with Crippen molar-refractivity contribution in [3.63, 3.8) is 0 Å². The van der Waals surface area contributed by atoms with Gasteiger partial charge in [-0.2, -0.15) is 0 Å². The Labute approximate surface area is 156 Å². The lowest BCUT2D eigenvalue weighted by molar-refractivity contribution is 0.309. The zero-order chi connectivity index (χ0) is 24.6. The van der Waals surface area contributed by atoms with E-state index in [4.69, 9.17) is 12.3 Å². The highest BCUT2D eigenvalue weighted by Gasteiger charge is 2.22. The zero-order valence-corrected chi connectivity index (χ0v) is 13.7. The van der Waals surface area contributed by atoms with Gasteiger partial charge in [-0.15, -0.1) is 0 Å². The van der Waals surface area contributed by atoms with E-state index < -0.39 is 26.2 Å². The van der Waals surface area contributed by atoms with Gasteiger partial charge in [0.05, 0.1) is 0 Å². The molecule has 3 heteroatoms. The van der Waals surface area contributed by atoms with Gasteiger partial charge in [-0.1, -0.05) is 17.7 Å². The Morgan fingerprint density at radius 2 is 2.21 bits per heavy atom. The maximum Gasteiger partial charge on any atom is 0.0486 e. The van der Waals surface area contributed by atoms with Crippen molar-refractivity contribution in [3.8, 4) is 0 Å². The molecule has 0 aliphatic carbocycles. The first-order valence-corrected chi connectivity index (χ1v) is 7.93. The number of aryl methyl sites for hydroxylation is 4. The van der Waals surface area contributed by atoms with E-state index in [0.717, 1.165) is 16.0 Å². The van der Waals surface area contributed by atoms with Crippen molar-refractivity contribution in [1.29, 1.82) is 0 Å². The minimum atomic E-state index is -2.59. The van der Waals surface area contributed by atoms with Gasteiger partial charge in [0.15, 0.2) is 0 Å². The SMILES string of the molecule is [2H]C([2H])([2H])c1ccc(CCn2c3c(c4cc(C)ccc42)C([2H])([2H])N(C)C([2H])([2H])C3([2H])[2H])cn1. The van der Waals surface area contributed by atoms with Gasteiger partial charge in [0.1, 0.15) is 0 Å². The van der Waals surface area contributed by atoms with Gasteiger partial charge in [0.2, 0.25) is 0 Å². The fourth-order valence-electron chi connectivity index (χ4n) is 3.09. The van der Waals surface area contributed by atoms with E-state index in [2.05, 4.69) is 4.98 Å². The number of likely N-dealkylation sites (N-methyl/N-ethyl adjacent to an activating group) is 1. The molecule has 1 aliphatic rings. The summed E-state index contributed by atoms with van der Waals surface area (Å²) in [6.45, 7) is -5.00. The molecule has 3 nitrogen and oxygen atoms in total. The smallest absolute Gasteiger partial charge is 0.0486 e. The van der Waals surface area contributed by atoms with Crippen LogP contribution in [0, 0.1) is 13.8 Å². The normalized spacial score (nSPS) is 27.3. The Balaban J connectivity index is 1.87. The second-order valence-electron chi connectivity index (χ2n) is 6.11. The lowest BCUT2D eigenvalue weighted by Crippen LogP contribution is -2.27. The van der Waals surface area contributed by atoms with Crippen molar-refractivity contribution in [2.75, 3.05) is 13.5 Å². The molecule has 0 saturated heterocycles. The third-order valence-electron chi connectivity index (χ3n) is 4.29. The van der Waals surface area contributed by atoms with Crippen LogP contribution in [0.3, 0.4) is 0 Å². The van der Waals surface area contributed by atoms with Crippen LogP contribution < -0.4 is 0 Å². The van der Waals surface area contributed by atoms with Gasteiger partial charge in [-0.25, -0.2) is 0 Å². The fourth-order valence-corrected chi connectivity index (χ4v) is 3.09. The topological polar surface area (TPSA) is 21.1 Å².